The second-order valence-electron chi connectivity index (χ2n) is 3.55. The summed E-state index contributed by atoms with van der Waals surface area (Å²) in [4.78, 5) is 5.51. The number of rotatable bonds is 7. The molecule has 4 heteroatoms. The minimum Gasteiger partial charge on any atom is -0.363 e. The highest BCUT2D eigenvalue weighted by Crippen LogP contribution is 2.08. The molecule has 3 nitrogen and oxygen atoms in total. The average Bonchev–Trinajstić information content (AvgIpc) is 2.65. The van der Waals surface area contributed by atoms with E-state index in [1.165, 1.54) is 0 Å². The molecule has 0 radical (unpaired) electrons. The number of H-pyrrole nitrogens is 1. The van der Waals surface area contributed by atoms with Crippen LogP contribution in [0.1, 0.15) is 19.5 Å². The lowest BCUT2D eigenvalue weighted by Gasteiger charge is -2.17. The summed E-state index contributed by atoms with van der Waals surface area (Å²) in [6.07, 6.45) is 1.81. The average molecular weight is 230 g/mol. The van der Waals surface area contributed by atoms with Crippen molar-refractivity contribution in [3.8, 4) is 0 Å². The molecule has 0 fully saturated rings. The van der Waals surface area contributed by atoms with Crippen LogP contribution in [0, 0.1) is 0 Å². The van der Waals surface area contributed by atoms with Crippen LogP contribution in [0.2, 0.25) is 5.02 Å². The topological polar surface area (TPSA) is 31.1 Å². The molecule has 0 unspecified atom stereocenters. The molecule has 0 atom stereocenters. The number of likely N-dealkylation sites (N-methyl/N-ethyl adjacent to an activating group) is 1. The summed E-state index contributed by atoms with van der Waals surface area (Å²) in [6, 6.07) is 1.95. The van der Waals surface area contributed by atoms with Crippen LogP contribution >= 0.6 is 11.6 Å². The van der Waals surface area contributed by atoms with Gasteiger partial charge in [-0.15, -0.1) is 0 Å². The highest BCUT2D eigenvalue weighted by Gasteiger charge is 1.99. The summed E-state index contributed by atoms with van der Waals surface area (Å²) in [5.41, 5.74) is 1.14. The largest absolute Gasteiger partial charge is 0.363 e. The van der Waals surface area contributed by atoms with Crippen molar-refractivity contribution in [2.45, 2.75) is 20.4 Å². The zero-order chi connectivity index (χ0) is 11.1. The fourth-order valence-electron chi connectivity index (χ4n) is 1.51. The van der Waals surface area contributed by atoms with Gasteiger partial charge in [0.2, 0.25) is 0 Å². The van der Waals surface area contributed by atoms with E-state index < -0.39 is 0 Å². The maximum atomic E-state index is 5.80. The summed E-state index contributed by atoms with van der Waals surface area (Å²) in [6.45, 7) is 9.58. The molecule has 0 aliphatic carbocycles. The Labute approximate surface area is 96.8 Å². The van der Waals surface area contributed by atoms with E-state index in [9.17, 15) is 0 Å². The molecule has 1 rings (SSSR count). The van der Waals surface area contributed by atoms with Gasteiger partial charge in [-0.2, -0.15) is 0 Å². The number of aromatic nitrogens is 1. The van der Waals surface area contributed by atoms with E-state index in [2.05, 4.69) is 29.0 Å². The molecule has 0 saturated carbocycles. The van der Waals surface area contributed by atoms with E-state index in [1.54, 1.807) is 0 Å². The Bertz CT molecular complexity index is 269. The smallest absolute Gasteiger partial charge is 0.0583 e. The van der Waals surface area contributed by atoms with E-state index in [4.69, 9.17) is 11.6 Å². The third-order valence-corrected chi connectivity index (χ3v) is 2.74. The van der Waals surface area contributed by atoms with Crippen molar-refractivity contribution in [2.24, 2.45) is 0 Å². The summed E-state index contributed by atoms with van der Waals surface area (Å²) >= 11 is 5.80. The Balaban J connectivity index is 2.11. The predicted molar refractivity (Wildman–Crippen MR) is 65.3 cm³/mol. The van der Waals surface area contributed by atoms with Crippen LogP contribution in [0.25, 0.3) is 0 Å². The van der Waals surface area contributed by atoms with Gasteiger partial charge in [-0.25, -0.2) is 0 Å². The molecule has 0 spiro atoms. The van der Waals surface area contributed by atoms with Crippen LogP contribution in [-0.4, -0.2) is 36.1 Å². The molecule has 0 saturated heterocycles. The molecule has 1 aromatic rings. The molecule has 0 aliphatic rings. The number of halogens is 1. The maximum absolute atomic E-state index is 5.80. The molecule has 0 aromatic carbocycles. The van der Waals surface area contributed by atoms with Crippen molar-refractivity contribution in [2.75, 3.05) is 26.2 Å². The zero-order valence-corrected chi connectivity index (χ0v) is 10.3. The molecule has 86 valence electrons. The van der Waals surface area contributed by atoms with Gasteiger partial charge >= 0.3 is 0 Å². The van der Waals surface area contributed by atoms with E-state index >= 15 is 0 Å². The van der Waals surface area contributed by atoms with Crippen molar-refractivity contribution >= 4 is 11.6 Å². The number of nitrogens with one attached hydrogen (secondary N) is 2. The lowest BCUT2D eigenvalue weighted by atomic mass is 10.4. The Kier molecular flexibility index (Phi) is 5.76. The number of nitrogens with zero attached hydrogens (tertiary/aromatic N) is 1. The van der Waals surface area contributed by atoms with E-state index in [-0.39, 0.29) is 0 Å². The van der Waals surface area contributed by atoms with Crippen molar-refractivity contribution < 1.29 is 0 Å². The van der Waals surface area contributed by atoms with Crippen LogP contribution in [0.3, 0.4) is 0 Å². The second kappa shape index (κ2) is 6.88. The monoisotopic (exact) mass is 229 g/mol. The number of aromatic amines is 1. The predicted octanol–water partition coefficient (Wildman–Crippen LogP) is 2.10. The summed E-state index contributed by atoms with van der Waals surface area (Å²) in [5, 5.41) is 4.16. The quantitative estimate of drug-likeness (QED) is 0.702. The van der Waals surface area contributed by atoms with Gasteiger partial charge in [-0.05, 0) is 19.2 Å². The first-order valence-corrected chi connectivity index (χ1v) is 5.90. The van der Waals surface area contributed by atoms with Crippen LogP contribution in [0.15, 0.2) is 12.3 Å². The van der Waals surface area contributed by atoms with Gasteiger partial charge in [0.05, 0.1) is 5.02 Å². The number of hydrogen-bond donors (Lipinski definition) is 2. The first kappa shape index (κ1) is 12.6. The van der Waals surface area contributed by atoms with Gasteiger partial charge in [0.15, 0.2) is 0 Å². The standard InChI is InChI=1S/C11H20ClN3/c1-3-15(4-2)6-5-13-9-11-7-10(12)8-14-11/h7-8,13-14H,3-6,9H2,1-2H3. The van der Waals surface area contributed by atoms with Gasteiger partial charge < -0.3 is 15.2 Å². The first-order valence-electron chi connectivity index (χ1n) is 5.52. The van der Waals surface area contributed by atoms with Crippen molar-refractivity contribution in [1.29, 1.82) is 0 Å². The van der Waals surface area contributed by atoms with Gasteiger partial charge in [-0.1, -0.05) is 25.4 Å². The Hall–Kier alpha value is -0.510. The molecule has 0 aliphatic heterocycles. The van der Waals surface area contributed by atoms with Gasteiger partial charge in [0.1, 0.15) is 0 Å². The van der Waals surface area contributed by atoms with Gasteiger partial charge in [0, 0.05) is 31.5 Å². The summed E-state index contributed by atoms with van der Waals surface area (Å²) in [5.74, 6) is 0. The Morgan fingerprint density at radius 1 is 1.40 bits per heavy atom. The third-order valence-electron chi connectivity index (χ3n) is 2.52. The lowest BCUT2D eigenvalue weighted by molar-refractivity contribution is 0.302. The van der Waals surface area contributed by atoms with Crippen molar-refractivity contribution in [1.82, 2.24) is 15.2 Å². The lowest BCUT2D eigenvalue weighted by Crippen LogP contribution is -2.31. The highest BCUT2D eigenvalue weighted by molar-refractivity contribution is 6.30. The first-order chi connectivity index (χ1) is 7.26. The molecular formula is C11H20ClN3. The van der Waals surface area contributed by atoms with E-state index in [0.717, 1.165) is 43.4 Å². The Morgan fingerprint density at radius 3 is 2.67 bits per heavy atom. The minimum atomic E-state index is 0.774. The van der Waals surface area contributed by atoms with E-state index in [0.29, 0.717) is 0 Å². The fourth-order valence-corrected chi connectivity index (χ4v) is 1.70. The molecule has 1 aromatic heterocycles. The maximum Gasteiger partial charge on any atom is 0.0583 e. The van der Waals surface area contributed by atoms with Crippen LogP contribution in [0.4, 0.5) is 0 Å². The molecule has 2 N–H and O–H groups in total. The van der Waals surface area contributed by atoms with Crippen LogP contribution in [0.5, 0.6) is 0 Å². The van der Waals surface area contributed by atoms with Crippen molar-refractivity contribution in [3.63, 3.8) is 0 Å². The normalized spacial score (nSPS) is 11.2. The van der Waals surface area contributed by atoms with Crippen molar-refractivity contribution in [3.05, 3.63) is 23.0 Å². The van der Waals surface area contributed by atoms with E-state index in [1.807, 2.05) is 12.3 Å². The molecule has 0 bridgehead atoms. The molecule has 15 heavy (non-hydrogen) atoms. The molecule has 0 amide bonds. The SMILES string of the molecule is CCN(CC)CCNCc1cc(Cl)c[nH]1. The van der Waals surface area contributed by atoms with Crippen LogP contribution < -0.4 is 5.32 Å². The van der Waals surface area contributed by atoms with Gasteiger partial charge in [-0.3, -0.25) is 0 Å². The third kappa shape index (κ3) is 4.69. The minimum absolute atomic E-state index is 0.774. The summed E-state index contributed by atoms with van der Waals surface area (Å²) in [7, 11) is 0. The second-order valence-corrected chi connectivity index (χ2v) is 3.98. The zero-order valence-electron chi connectivity index (χ0n) is 9.52. The highest BCUT2D eigenvalue weighted by atomic mass is 35.5. The van der Waals surface area contributed by atoms with Crippen LogP contribution in [-0.2, 0) is 6.54 Å². The summed E-state index contributed by atoms with van der Waals surface area (Å²) < 4.78 is 0. The molecular weight excluding hydrogens is 210 g/mol. The molecule has 1 heterocycles. The Morgan fingerprint density at radius 2 is 2.13 bits per heavy atom. The number of hydrogen-bond acceptors (Lipinski definition) is 2. The fraction of sp³-hybridized carbons (Fsp3) is 0.636. The van der Waals surface area contributed by atoms with Gasteiger partial charge in [0.25, 0.3) is 0 Å².